The molecule has 6 nitrogen and oxygen atoms in total. The largest absolute Gasteiger partial charge is 0.454 e. The van der Waals surface area contributed by atoms with Gasteiger partial charge >= 0.3 is 5.97 Å². The Labute approximate surface area is 183 Å². The fourth-order valence-electron chi connectivity index (χ4n) is 4.30. The van der Waals surface area contributed by atoms with Gasteiger partial charge < -0.3 is 14.0 Å². The SMILES string of the molecule is CCc1nc2ccccc2c(C(=O)OCC(=O)c2cc(C)n([C@@H](C)COC)c2C)c1C. The highest BCUT2D eigenvalue weighted by Crippen LogP contribution is 2.25. The van der Waals surface area contributed by atoms with Crippen LogP contribution in [0.5, 0.6) is 0 Å². The van der Waals surface area contributed by atoms with Gasteiger partial charge in [-0.05, 0) is 51.8 Å². The predicted molar refractivity (Wildman–Crippen MR) is 121 cm³/mol. The number of aryl methyl sites for hydroxylation is 2. The molecule has 0 saturated carbocycles. The van der Waals surface area contributed by atoms with Gasteiger partial charge in [-0.1, -0.05) is 25.1 Å². The van der Waals surface area contributed by atoms with Gasteiger partial charge in [-0.3, -0.25) is 9.78 Å². The zero-order valence-corrected chi connectivity index (χ0v) is 19.1. The van der Waals surface area contributed by atoms with E-state index in [2.05, 4.69) is 9.55 Å². The normalized spacial score (nSPS) is 12.2. The first kappa shape index (κ1) is 22.7. The Kier molecular flexibility index (Phi) is 6.91. The van der Waals surface area contributed by atoms with Gasteiger partial charge in [0.05, 0.1) is 23.7 Å². The number of nitrogens with zero attached hydrogens (tertiary/aromatic N) is 2. The number of ether oxygens (including phenoxy) is 2. The van der Waals surface area contributed by atoms with E-state index in [-0.39, 0.29) is 18.4 Å². The molecule has 0 saturated heterocycles. The molecule has 0 bridgehead atoms. The molecule has 0 aliphatic carbocycles. The summed E-state index contributed by atoms with van der Waals surface area (Å²) in [6.45, 7) is 10.0. The summed E-state index contributed by atoms with van der Waals surface area (Å²) in [6.07, 6.45) is 0.710. The number of methoxy groups -OCH3 is 1. The summed E-state index contributed by atoms with van der Waals surface area (Å²) in [6, 6.07) is 9.45. The average Bonchev–Trinajstić information content (AvgIpc) is 3.05. The molecular weight excluding hydrogens is 392 g/mol. The molecule has 0 aliphatic rings. The number of ketones is 1. The molecule has 0 unspecified atom stereocenters. The van der Waals surface area contributed by atoms with E-state index in [4.69, 9.17) is 9.47 Å². The number of benzene rings is 1. The molecule has 1 aromatic carbocycles. The Bertz CT molecular complexity index is 1130. The third-order valence-electron chi connectivity index (χ3n) is 5.74. The molecule has 0 spiro atoms. The van der Waals surface area contributed by atoms with Crippen LogP contribution in [0.4, 0.5) is 0 Å². The van der Waals surface area contributed by atoms with Crippen LogP contribution in [0, 0.1) is 20.8 Å². The Balaban J connectivity index is 1.85. The molecule has 0 aliphatic heterocycles. The maximum Gasteiger partial charge on any atom is 0.339 e. The van der Waals surface area contributed by atoms with Crippen molar-refractivity contribution in [2.45, 2.75) is 47.1 Å². The lowest BCUT2D eigenvalue weighted by molar-refractivity contribution is 0.0475. The number of hydrogen-bond acceptors (Lipinski definition) is 5. The Morgan fingerprint density at radius 2 is 1.87 bits per heavy atom. The Morgan fingerprint density at radius 1 is 1.16 bits per heavy atom. The number of hydrogen-bond donors (Lipinski definition) is 0. The number of aromatic nitrogens is 2. The van der Waals surface area contributed by atoms with E-state index in [9.17, 15) is 9.59 Å². The minimum absolute atomic E-state index is 0.104. The van der Waals surface area contributed by atoms with Crippen LogP contribution in [0.2, 0.25) is 0 Å². The highest BCUT2D eigenvalue weighted by molar-refractivity contribution is 6.06. The minimum atomic E-state index is -0.499. The number of para-hydroxylation sites is 1. The molecule has 3 aromatic rings. The van der Waals surface area contributed by atoms with Gasteiger partial charge in [-0.25, -0.2) is 4.79 Å². The van der Waals surface area contributed by atoms with Crippen molar-refractivity contribution in [2.24, 2.45) is 0 Å². The monoisotopic (exact) mass is 422 g/mol. The van der Waals surface area contributed by atoms with Crippen molar-refractivity contribution in [2.75, 3.05) is 20.3 Å². The summed E-state index contributed by atoms with van der Waals surface area (Å²) < 4.78 is 12.8. The summed E-state index contributed by atoms with van der Waals surface area (Å²) in [7, 11) is 1.66. The van der Waals surface area contributed by atoms with Gasteiger partial charge in [-0.15, -0.1) is 0 Å². The lowest BCUT2D eigenvalue weighted by atomic mass is 10.0. The Morgan fingerprint density at radius 3 is 2.55 bits per heavy atom. The van der Waals surface area contributed by atoms with E-state index in [0.29, 0.717) is 24.2 Å². The molecule has 1 atom stereocenters. The first-order chi connectivity index (χ1) is 14.8. The fourth-order valence-corrected chi connectivity index (χ4v) is 4.30. The summed E-state index contributed by atoms with van der Waals surface area (Å²) >= 11 is 0. The van der Waals surface area contributed by atoms with E-state index in [0.717, 1.165) is 33.5 Å². The summed E-state index contributed by atoms with van der Waals surface area (Å²) in [5.74, 6) is -0.718. The lowest BCUT2D eigenvalue weighted by Crippen LogP contribution is -2.18. The van der Waals surface area contributed by atoms with Gasteiger partial charge in [0, 0.05) is 35.1 Å². The molecule has 31 heavy (non-hydrogen) atoms. The van der Waals surface area contributed by atoms with Crippen molar-refractivity contribution in [3.63, 3.8) is 0 Å². The van der Waals surface area contributed by atoms with Crippen molar-refractivity contribution in [3.05, 3.63) is 64.1 Å². The number of esters is 1. The molecule has 6 heteroatoms. The number of carbonyl (C=O) groups excluding carboxylic acids is 2. The van der Waals surface area contributed by atoms with Crippen molar-refractivity contribution < 1.29 is 19.1 Å². The first-order valence-corrected chi connectivity index (χ1v) is 10.6. The molecule has 3 rings (SSSR count). The van der Waals surface area contributed by atoms with Gasteiger partial charge in [0.2, 0.25) is 5.78 Å². The number of carbonyl (C=O) groups is 2. The summed E-state index contributed by atoms with van der Waals surface area (Å²) in [5.41, 5.74) is 5.27. The minimum Gasteiger partial charge on any atom is -0.454 e. The van der Waals surface area contributed by atoms with Gasteiger partial charge in [-0.2, -0.15) is 0 Å². The third kappa shape index (κ3) is 4.39. The van der Waals surface area contributed by atoms with E-state index >= 15 is 0 Å². The number of rotatable bonds is 8. The van der Waals surface area contributed by atoms with Gasteiger partial charge in [0.15, 0.2) is 6.61 Å². The van der Waals surface area contributed by atoms with Crippen LogP contribution in [0.15, 0.2) is 30.3 Å². The van der Waals surface area contributed by atoms with Gasteiger partial charge in [0.25, 0.3) is 0 Å². The van der Waals surface area contributed by atoms with E-state index in [1.165, 1.54) is 0 Å². The zero-order valence-electron chi connectivity index (χ0n) is 19.1. The van der Waals surface area contributed by atoms with E-state index in [1.807, 2.05) is 65.0 Å². The second kappa shape index (κ2) is 9.43. The maximum absolute atomic E-state index is 13.0. The smallest absolute Gasteiger partial charge is 0.339 e. The second-order valence-corrected chi connectivity index (χ2v) is 7.89. The quantitative estimate of drug-likeness (QED) is 0.386. The molecule has 2 heterocycles. The van der Waals surface area contributed by atoms with Crippen molar-refractivity contribution in [3.8, 4) is 0 Å². The van der Waals surface area contributed by atoms with Crippen LogP contribution in [0.25, 0.3) is 10.9 Å². The average molecular weight is 423 g/mol. The molecular formula is C25H30N2O4. The molecule has 0 amide bonds. The lowest BCUT2D eigenvalue weighted by Gasteiger charge is -2.17. The van der Waals surface area contributed by atoms with Crippen LogP contribution in [0.1, 0.15) is 63.3 Å². The van der Waals surface area contributed by atoms with Crippen LogP contribution in [0.3, 0.4) is 0 Å². The molecule has 0 fully saturated rings. The molecule has 2 aromatic heterocycles. The molecule has 0 N–H and O–H groups in total. The zero-order chi connectivity index (χ0) is 22.7. The topological polar surface area (TPSA) is 70.4 Å². The van der Waals surface area contributed by atoms with E-state index < -0.39 is 5.97 Å². The first-order valence-electron chi connectivity index (χ1n) is 10.6. The fraction of sp³-hybridized carbons (Fsp3) is 0.400. The number of Topliss-reactive ketones (excluding diaryl/α,β-unsaturated/α-hetero) is 1. The number of pyridine rings is 1. The standard InChI is InChI=1S/C25H30N2O4/c1-7-21-17(4)24(19-10-8-9-11-22(19)26-21)25(29)31-14-23(28)20-12-15(2)27(18(20)5)16(3)13-30-6/h8-12,16H,7,13-14H2,1-6H3/t16-/m0/s1. The van der Waals surface area contributed by atoms with Crippen LogP contribution in [-0.2, 0) is 15.9 Å². The molecule has 164 valence electrons. The maximum atomic E-state index is 13.0. The Hall–Kier alpha value is -2.99. The van der Waals surface area contributed by atoms with E-state index in [1.54, 1.807) is 7.11 Å². The predicted octanol–water partition coefficient (Wildman–Crippen LogP) is 4.77. The van der Waals surface area contributed by atoms with Crippen LogP contribution in [-0.4, -0.2) is 41.6 Å². The number of fused-ring (bicyclic) bond motifs is 1. The van der Waals surface area contributed by atoms with Gasteiger partial charge in [0.1, 0.15) is 0 Å². The highest BCUT2D eigenvalue weighted by Gasteiger charge is 2.22. The summed E-state index contributed by atoms with van der Waals surface area (Å²) in [4.78, 5) is 30.5. The third-order valence-corrected chi connectivity index (χ3v) is 5.74. The second-order valence-electron chi connectivity index (χ2n) is 7.89. The van der Waals surface area contributed by atoms with Crippen LogP contribution < -0.4 is 0 Å². The molecule has 0 radical (unpaired) electrons. The van der Waals surface area contributed by atoms with Crippen molar-refractivity contribution in [1.29, 1.82) is 0 Å². The highest BCUT2D eigenvalue weighted by atomic mass is 16.5. The van der Waals surface area contributed by atoms with Crippen molar-refractivity contribution >= 4 is 22.7 Å². The van der Waals surface area contributed by atoms with Crippen molar-refractivity contribution in [1.82, 2.24) is 9.55 Å². The summed E-state index contributed by atoms with van der Waals surface area (Å²) in [5, 5.41) is 0.737. The van der Waals surface area contributed by atoms with Crippen LogP contribution >= 0.6 is 0 Å².